The quantitative estimate of drug-likeness (QED) is 0.845. The number of carbonyl (C=O) groups excluding carboxylic acids is 1. The first-order valence-electron chi connectivity index (χ1n) is 6.30. The highest BCUT2D eigenvalue weighted by Gasteiger charge is 2.15. The lowest BCUT2D eigenvalue weighted by Crippen LogP contribution is -2.31. The molecule has 0 spiro atoms. The fourth-order valence-corrected chi connectivity index (χ4v) is 1.76. The highest BCUT2D eigenvalue weighted by molar-refractivity contribution is 5.94. The summed E-state index contributed by atoms with van der Waals surface area (Å²) in [4.78, 5) is 14.0. The van der Waals surface area contributed by atoms with Gasteiger partial charge in [-0.3, -0.25) is 4.79 Å². The van der Waals surface area contributed by atoms with E-state index in [0.29, 0.717) is 17.9 Å². The molecule has 0 bridgehead atoms. The number of phenols is 1. The number of phenolic OH excluding ortho intramolecular Hbond substituents is 1. The van der Waals surface area contributed by atoms with Crippen molar-refractivity contribution in [2.45, 2.75) is 26.7 Å². The number of carbonyl (C=O) groups is 1. The van der Waals surface area contributed by atoms with E-state index in [2.05, 4.69) is 6.92 Å². The monoisotopic (exact) mass is 251 g/mol. The number of methoxy groups -OCH3 is 1. The Morgan fingerprint density at radius 3 is 2.61 bits per heavy atom. The van der Waals surface area contributed by atoms with Crippen LogP contribution >= 0.6 is 0 Å². The Balaban J connectivity index is 2.84. The van der Waals surface area contributed by atoms with Gasteiger partial charge in [0.15, 0.2) is 11.5 Å². The van der Waals surface area contributed by atoms with Crippen LogP contribution in [0.25, 0.3) is 0 Å². The Hall–Kier alpha value is -1.71. The van der Waals surface area contributed by atoms with Crippen molar-refractivity contribution in [2.24, 2.45) is 0 Å². The van der Waals surface area contributed by atoms with Crippen LogP contribution in [0.3, 0.4) is 0 Å². The normalized spacial score (nSPS) is 10.2. The summed E-state index contributed by atoms with van der Waals surface area (Å²) >= 11 is 0. The third-order valence-electron chi connectivity index (χ3n) is 2.88. The topological polar surface area (TPSA) is 49.8 Å². The van der Waals surface area contributed by atoms with E-state index < -0.39 is 0 Å². The summed E-state index contributed by atoms with van der Waals surface area (Å²) in [5.74, 6) is 0.321. The molecule has 18 heavy (non-hydrogen) atoms. The van der Waals surface area contributed by atoms with E-state index in [1.807, 2.05) is 6.92 Å². The van der Waals surface area contributed by atoms with Crippen LogP contribution in [0, 0.1) is 0 Å². The molecule has 1 aromatic carbocycles. The molecule has 0 fully saturated rings. The van der Waals surface area contributed by atoms with E-state index in [1.165, 1.54) is 13.2 Å². The number of amides is 1. The lowest BCUT2D eigenvalue weighted by molar-refractivity contribution is 0.0762. The molecule has 0 saturated heterocycles. The van der Waals surface area contributed by atoms with Gasteiger partial charge in [0, 0.05) is 18.7 Å². The first-order valence-corrected chi connectivity index (χ1v) is 6.30. The maximum Gasteiger partial charge on any atom is 0.253 e. The van der Waals surface area contributed by atoms with E-state index >= 15 is 0 Å². The molecule has 0 aliphatic heterocycles. The Bertz CT molecular complexity index is 404. The van der Waals surface area contributed by atoms with Crippen molar-refractivity contribution in [1.29, 1.82) is 0 Å². The maximum absolute atomic E-state index is 12.2. The van der Waals surface area contributed by atoms with Crippen molar-refractivity contribution in [3.63, 3.8) is 0 Å². The van der Waals surface area contributed by atoms with Gasteiger partial charge in [-0.1, -0.05) is 13.3 Å². The molecule has 0 heterocycles. The molecule has 0 aliphatic rings. The van der Waals surface area contributed by atoms with E-state index in [4.69, 9.17) is 4.74 Å². The zero-order valence-electron chi connectivity index (χ0n) is 11.3. The van der Waals surface area contributed by atoms with Gasteiger partial charge in [0.05, 0.1) is 7.11 Å². The number of ether oxygens (including phenoxy) is 1. The van der Waals surface area contributed by atoms with Gasteiger partial charge in [0.1, 0.15) is 0 Å². The van der Waals surface area contributed by atoms with E-state index in [-0.39, 0.29) is 11.7 Å². The molecule has 0 aliphatic carbocycles. The second kappa shape index (κ2) is 6.89. The number of hydrogen-bond donors (Lipinski definition) is 1. The Kier molecular flexibility index (Phi) is 5.49. The summed E-state index contributed by atoms with van der Waals surface area (Å²) in [5.41, 5.74) is 0.492. The van der Waals surface area contributed by atoms with Crippen molar-refractivity contribution < 1.29 is 14.6 Å². The van der Waals surface area contributed by atoms with Gasteiger partial charge in [-0.15, -0.1) is 0 Å². The lowest BCUT2D eigenvalue weighted by atomic mass is 10.1. The number of unbranched alkanes of at least 4 members (excludes halogenated alkanes) is 1. The number of rotatable bonds is 6. The second-order valence-corrected chi connectivity index (χ2v) is 4.13. The van der Waals surface area contributed by atoms with Crippen molar-refractivity contribution in [1.82, 2.24) is 4.90 Å². The highest BCUT2D eigenvalue weighted by atomic mass is 16.5. The Morgan fingerprint density at radius 2 is 2.11 bits per heavy atom. The van der Waals surface area contributed by atoms with Gasteiger partial charge in [-0.05, 0) is 31.5 Å². The smallest absolute Gasteiger partial charge is 0.253 e. The first kappa shape index (κ1) is 14.4. The molecule has 0 aromatic heterocycles. The predicted molar refractivity (Wildman–Crippen MR) is 71.1 cm³/mol. The van der Waals surface area contributed by atoms with Crippen LogP contribution < -0.4 is 4.74 Å². The van der Waals surface area contributed by atoms with Crippen molar-refractivity contribution in [2.75, 3.05) is 20.2 Å². The standard InChI is InChI=1S/C14H21NO3/c1-4-6-9-15(5-2)14(17)11-7-8-13(18-3)12(16)10-11/h7-8,10,16H,4-6,9H2,1-3H3. The van der Waals surface area contributed by atoms with E-state index in [9.17, 15) is 9.90 Å². The Morgan fingerprint density at radius 1 is 1.39 bits per heavy atom. The van der Waals surface area contributed by atoms with Crippen molar-refractivity contribution in [3.05, 3.63) is 23.8 Å². The molecule has 0 unspecified atom stereocenters. The predicted octanol–water partition coefficient (Wildman–Crippen LogP) is 2.66. The summed E-state index contributed by atoms with van der Waals surface area (Å²) in [7, 11) is 1.48. The van der Waals surface area contributed by atoms with Gasteiger partial charge in [-0.2, -0.15) is 0 Å². The second-order valence-electron chi connectivity index (χ2n) is 4.13. The molecule has 1 amide bonds. The molecule has 4 heteroatoms. The summed E-state index contributed by atoms with van der Waals surface area (Å²) in [6.45, 7) is 5.47. The number of benzene rings is 1. The summed E-state index contributed by atoms with van der Waals surface area (Å²) in [5, 5.41) is 9.68. The molecular weight excluding hydrogens is 230 g/mol. The number of hydrogen-bond acceptors (Lipinski definition) is 3. The van der Waals surface area contributed by atoms with E-state index in [0.717, 1.165) is 19.4 Å². The van der Waals surface area contributed by atoms with Crippen LogP contribution in [0.1, 0.15) is 37.0 Å². The minimum atomic E-state index is -0.0519. The molecule has 0 atom stereocenters. The Labute approximate surface area is 108 Å². The van der Waals surface area contributed by atoms with Crippen molar-refractivity contribution in [3.8, 4) is 11.5 Å². The summed E-state index contributed by atoms with van der Waals surface area (Å²) in [6.07, 6.45) is 2.04. The third-order valence-corrected chi connectivity index (χ3v) is 2.88. The molecule has 0 saturated carbocycles. The lowest BCUT2D eigenvalue weighted by Gasteiger charge is -2.20. The van der Waals surface area contributed by atoms with Gasteiger partial charge in [0.25, 0.3) is 5.91 Å². The number of aromatic hydroxyl groups is 1. The van der Waals surface area contributed by atoms with Crippen LogP contribution in [0.15, 0.2) is 18.2 Å². The molecule has 100 valence electrons. The van der Waals surface area contributed by atoms with Gasteiger partial charge >= 0.3 is 0 Å². The van der Waals surface area contributed by atoms with Crippen LogP contribution in [-0.2, 0) is 0 Å². The fraction of sp³-hybridized carbons (Fsp3) is 0.500. The molecule has 4 nitrogen and oxygen atoms in total. The minimum absolute atomic E-state index is 0.00473. The molecular formula is C14H21NO3. The van der Waals surface area contributed by atoms with Crippen LogP contribution in [0.5, 0.6) is 11.5 Å². The van der Waals surface area contributed by atoms with Gasteiger partial charge < -0.3 is 14.7 Å². The summed E-state index contributed by atoms with van der Waals surface area (Å²) < 4.78 is 4.96. The van der Waals surface area contributed by atoms with Crippen LogP contribution in [0.4, 0.5) is 0 Å². The van der Waals surface area contributed by atoms with Crippen LogP contribution in [-0.4, -0.2) is 36.1 Å². The maximum atomic E-state index is 12.2. The van der Waals surface area contributed by atoms with Gasteiger partial charge in [-0.25, -0.2) is 0 Å². The fourth-order valence-electron chi connectivity index (χ4n) is 1.76. The zero-order chi connectivity index (χ0) is 13.5. The molecule has 1 rings (SSSR count). The third kappa shape index (κ3) is 3.39. The van der Waals surface area contributed by atoms with E-state index in [1.54, 1.807) is 17.0 Å². The zero-order valence-corrected chi connectivity index (χ0v) is 11.3. The van der Waals surface area contributed by atoms with Gasteiger partial charge in [0.2, 0.25) is 0 Å². The van der Waals surface area contributed by atoms with Crippen molar-refractivity contribution >= 4 is 5.91 Å². The highest BCUT2D eigenvalue weighted by Crippen LogP contribution is 2.26. The molecule has 1 aromatic rings. The van der Waals surface area contributed by atoms with Crippen LogP contribution in [0.2, 0.25) is 0 Å². The first-order chi connectivity index (χ1) is 8.63. The number of nitrogens with zero attached hydrogens (tertiary/aromatic N) is 1. The largest absolute Gasteiger partial charge is 0.504 e. The SMILES string of the molecule is CCCCN(CC)C(=O)c1ccc(OC)c(O)c1. The molecule has 1 N–H and O–H groups in total. The molecule has 0 radical (unpaired) electrons. The minimum Gasteiger partial charge on any atom is -0.504 e. The average molecular weight is 251 g/mol. The average Bonchev–Trinajstić information content (AvgIpc) is 2.39. The summed E-state index contributed by atoms with van der Waals surface area (Å²) in [6, 6.07) is 4.74.